The number of hydrogen-bond acceptors (Lipinski definition) is 2. The zero-order valence-corrected chi connectivity index (χ0v) is 12.4. The molecular formula is C17H24N2O. The van der Waals surface area contributed by atoms with E-state index in [0.29, 0.717) is 5.92 Å². The van der Waals surface area contributed by atoms with E-state index >= 15 is 0 Å². The fourth-order valence-corrected chi connectivity index (χ4v) is 3.51. The molecule has 2 aliphatic rings. The summed E-state index contributed by atoms with van der Waals surface area (Å²) in [6.07, 6.45) is 5.49. The topological polar surface area (TPSA) is 46.3 Å². The summed E-state index contributed by atoms with van der Waals surface area (Å²) in [6, 6.07) is 8.68. The van der Waals surface area contributed by atoms with Gasteiger partial charge in [0.15, 0.2) is 0 Å². The summed E-state index contributed by atoms with van der Waals surface area (Å²) in [7, 11) is 1.92. The molecule has 3 rings (SSSR count). The predicted molar refractivity (Wildman–Crippen MR) is 80.2 cm³/mol. The van der Waals surface area contributed by atoms with Crippen molar-refractivity contribution in [3.05, 3.63) is 35.4 Å². The minimum absolute atomic E-state index is 0.0988. The van der Waals surface area contributed by atoms with Crippen LogP contribution in [-0.4, -0.2) is 23.4 Å². The minimum Gasteiger partial charge on any atom is -0.337 e. The summed E-state index contributed by atoms with van der Waals surface area (Å²) in [4.78, 5) is 14.7. The highest BCUT2D eigenvalue weighted by Crippen LogP contribution is 2.41. The molecule has 0 bridgehead atoms. The van der Waals surface area contributed by atoms with Gasteiger partial charge in [0.05, 0.1) is 11.6 Å². The van der Waals surface area contributed by atoms with Crippen molar-refractivity contribution in [2.24, 2.45) is 11.7 Å². The molecule has 2 aliphatic carbocycles. The molecule has 108 valence electrons. The van der Waals surface area contributed by atoms with Gasteiger partial charge >= 0.3 is 0 Å². The van der Waals surface area contributed by atoms with Gasteiger partial charge in [0.2, 0.25) is 5.91 Å². The van der Waals surface area contributed by atoms with Crippen molar-refractivity contribution in [3.8, 4) is 0 Å². The molecular weight excluding hydrogens is 248 g/mol. The maximum atomic E-state index is 12.8. The van der Waals surface area contributed by atoms with Crippen molar-refractivity contribution in [2.75, 3.05) is 7.05 Å². The number of aryl methyl sites for hydroxylation is 1. The Hall–Kier alpha value is -1.35. The Balaban J connectivity index is 1.84. The first-order valence-electron chi connectivity index (χ1n) is 7.65. The first kappa shape index (κ1) is 13.6. The largest absolute Gasteiger partial charge is 0.337 e. The molecule has 2 unspecified atom stereocenters. The number of carbonyl (C=O) groups is 1. The molecule has 1 aromatic carbocycles. The van der Waals surface area contributed by atoms with Gasteiger partial charge in [-0.15, -0.1) is 0 Å². The number of likely N-dealkylation sites (N-methyl/N-ethyl adjacent to an activating group) is 1. The quantitative estimate of drug-likeness (QED) is 0.919. The second-order valence-corrected chi connectivity index (χ2v) is 6.58. The molecule has 1 saturated carbocycles. The van der Waals surface area contributed by atoms with Gasteiger partial charge in [0.25, 0.3) is 0 Å². The van der Waals surface area contributed by atoms with E-state index in [-0.39, 0.29) is 11.9 Å². The van der Waals surface area contributed by atoms with Crippen LogP contribution in [0.3, 0.4) is 0 Å². The first-order chi connectivity index (χ1) is 9.51. The van der Waals surface area contributed by atoms with Crippen LogP contribution >= 0.6 is 0 Å². The Labute approximate surface area is 121 Å². The van der Waals surface area contributed by atoms with E-state index in [1.165, 1.54) is 11.1 Å². The van der Waals surface area contributed by atoms with Crippen molar-refractivity contribution in [3.63, 3.8) is 0 Å². The molecule has 3 nitrogen and oxygen atoms in total. The zero-order valence-electron chi connectivity index (χ0n) is 12.4. The Kier molecular flexibility index (Phi) is 3.33. The highest BCUT2D eigenvalue weighted by molar-refractivity contribution is 5.86. The average molecular weight is 272 g/mol. The van der Waals surface area contributed by atoms with Gasteiger partial charge < -0.3 is 10.6 Å². The van der Waals surface area contributed by atoms with Crippen LogP contribution < -0.4 is 5.73 Å². The molecule has 0 heterocycles. The molecule has 1 fully saturated rings. The number of benzene rings is 1. The molecule has 0 saturated heterocycles. The molecule has 0 aromatic heterocycles. The molecule has 2 atom stereocenters. The number of fused-ring (bicyclic) bond motifs is 1. The van der Waals surface area contributed by atoms with E-state index in [0.717, 1.165) is 32.1 Å². The number of rotatable bonds is 3. The van der Waals surface area contributed by atoms with E-state index in [4.69, 9.17) is 5.73 Å². The monoisotopic (exact) mass is 272 g/mol. The maximum absolute atomic E-state index is 12.8. The molecule has 3 heteroatoms. The van der Waals surface area contributed by atoms with Crippen LogP contribution in [0.15, 0.2) is 24.3 Å². The smallest absolute Gasteiger partial charge is 0.242 e. The van der Waals surface area contributed by atoms with Crippen LogP contribution in [0.25, 0.3) is 0 Å². The third kappa shape index (κ3) is 2.24. The molecule has 0 spiro atoms. The van der Waals surface area contributed by atoms with Gasteiger partial charge in [-0.25, -0.2) is 0 Å². The van der Waals surface area contributed by atoms with E-state index < -0.39 is 5.54 Å². The highest BCUT2D eigenvalue weighted by atomic mass is 16.2. The van der Waals surface area contributed by atoms with Crippen LogP contribution in [0, 0.1) is 5.92 Å². The van der Waals surface area contributed by atoms with Crippen molar-refractivity contribution >= 4 is 5.91 Å². The number of nitrogens with two attached hydrogens (primary N) is 1. The van der Waals surface area contributed by atoms with E-state index in [2.05, 4.69) is 24.3 Å². The van der Waals surface area contributed by atoms with Crippen LogP contribution in [-0.2, 0) is 11.2 Å². The fourth-order valence-electron chi connectivity index (χ4n) is 3.51. The SMILES string of the molecule is CN(C(=O)C(C)(N)C1CC1)C1CCCc2ccccc21. The van der Waals surface area contributed by atoms with Gasteiger partial charge in [-0.2, -0.15) is 0 Å². The Morgan fingerprint density at radius 1 is 1.30 bits per heavy atom. The maximum Gasteiger partial charge on any atom is 0.242 e. The van der Waals surface area contributed by atoms with E-state index in [1.54, 1.807) is 0 Å². The van der Waals surface area contributed by atoms with Crippen LogP contribution in [0.2, 0.25) is 0 Å². The fraction of sp³-hybridized carbons (Fsp3) is 0.588. The summed E-state index contributed by atoms with van der Waals surface area (Å²) in [5.41, 5.74) is 8.30. The number of hydrogen-bond donors (Lipinski definition) is 1. The molecule has 20 heavy (non-hydrogen) atoms. The van der Waals surface area contributed by atoms with Gasteiger partial charge in [-0.1, -0.05) is 24.3 Å². The summed E-state index contributed by atoms with van der Waals surface area (Å²) in [5, 5.41) is 0. The Morgan fingerprint density at radius 3 is 2.70 bits per heavy atom. The summed E-state index contributed by atoms with van der Waals surface area (Å²) in [6.45, 7) is 1.90. The summed E-state index contributed by atoms with van der Waals surface area (Å²) < 4.78 is 0. The van der Waals surface area contributed by atoms with Crippen molar-refractivity contribution in [1.29, 1.82) is 0 Å². The molecule has 0 radical (unpaired) electrons. The first-order valence-corrected chi connectivity index (χ1v) is 7.65. The highest BCUT2D eigenvalue weighted by Gasteiger charge is 2.46. The van der Waals surface area contributed by atoms with Crippen LogP contribution in [0.1, 0.15) is 49.8 Å². The molecule has 1 aromatic rings. The zero-order chi connectivity index (χ0) is 14.3. The normalized spacial score (nSPS) is 24.6. The average Bonchev–Trinajstić information content (AvgIpc) is 3.30. The van der Waals surface area contributed by atoms with Gasteiger partial charge in [-0.05, 0) is 56.1 Å². The third-order valence-corrected chi connectivity index (χ3v) is 5.01. The Bertz CT molecular complexity index is 519. The molecule has 0 aliphatic heterocycles. The van der Waals surface area contributed by atoms with E-state index in [9.17, 15) is 4.79 Å². The number of amides is 1. The minimum atomic E-state index is -0.693. The number of nitrogens with zero attached hydrogens (tertiary/aromatic N) is 1. The van der Waals surface area contributed by atoms with Crippen molar-refractivity contribution in [1.82, 2.24) is 4.90 Å². The lowest BCUT2D eigenvalue weighted by molar-refractivity contribution is -0.138. The Morgan fingerprint density at radius 2 is 2.00 bits per heavy atom. The third-order valence-electron chi connectivity index (χ3n) is 5.01. The van der Waals surface area contributed by atoms with Gasteiger partial charge in [-0.3, -0.25) is 4.79 Å². The lowest BCUT2D eigenvalue weighted by Crippen LogP contribution is -2.54. The molecule has 2 N–H and O–H groups in total. The van der Waals surface area contributed by atoms with Crippen LogP contribution in [0.4, 0.5) is 0 Å². The summed E-state index contributed by atoms with van der Waals surface area (Å²) in [5.74, 6) is 0.470. The van der Waals surface area contributed by atoms with Crippen molar-refractivity contribution in [2.45, 2.75) is 50.6 Å². The van der Waals surface area contributed by atoms with E-state index in [1.807, 2.05) is 18.9 Å². The summed E-state index contributed by atoms with van der Waals surface area (Å²) >= 11 is 0. The molecule has 1 amide bonds. The predicted octanol–water partition coefficient (Wildman–Crippen LogP) is 2.65. The standard InChI is InChI=1S/C17H24N2O/c1-17(18,13-10-11-13)16(20)19(2)15-9-5-7-12-6-3-4-8-14(12)15/h3-4,6,8,13,15H,5,7,9-11,18H2,1-2H3. The van der Waals surface area contributed by atoms with Gasteiger partial charge in [0.1, 0.15) is 0 Å². The van der Waals surface area contributed by atoms with Crippen molar-refractivity contribution < 1.29 is 4.79 Å². The second kappa shape index (κ2) is 4.88. The van der Waals surface area contributed by atoms with Crippen LogP contribution in [0.5, 0.6) is 0 Å². The lowest BCUT2D eigenvalue weighted by atomic mass is 9.85. The number of carbonyl (C=O) groups excluding carboxylic acids is 1. The second-order valence-electron chi connectivity index (χ2n) is 6.58. The lowest BCUT2D eigenvalue weighted by Gasteiger charge is -2.37. The van der Waals surface area contributed by atoms with Gasteiger partial charge in [0, 0.05) is 7.05 Å².